The number of fused-ring (bicyclic) bond motifs is 5. The summed E-state index contributed by atoms with van der Waals surface area (Å²) < 4.78 is 0. The number of aliphatic hydroxyl groups excluding tert-OH is 1. The first-order valence-corrected chi connectivity index (χ1v) is 11.9. The molecule has 1 aromatic carbocycles. The van der Waals surface area contributed by atoms with Crippen LogP contribution < -0.4 is 0 Å². The summed E-state index contributed by atoms with van der Waals surface area (Å²) in [6.07, 6.45) is 11.1. The highest BCUT2D eigenvalue weighted by Crippen LogP contribution is 2.68. The molecule has 5 rings (SSSR count). The van der Waals surface area contributed by atoms with Gasteiger partial charge in [-0.1, -0.05) is 50.3 Å². The van der Waals surface area contributed by atoms with Gasteiger partial charge in [-0.15, -0.1) is 0 Å². The highest BCUT2D eigenvalue weighted by atomic mass is 16.3. The van der Waals surface area contributed by atoms with Crippen molar-refractivity contribution < 1.29 is 10.2 Å². The van der Waals surface area contributed by atoms with Crippen molar-refractivity contribution in [1.29, 1.82) is 0 Å². The minimum atomic E-state index is -0.498. The van der Waals surface area contributed by atoms with Crippen LogP contribution in [0.5, 0.6) is 0 Å². The highest BCUT2D eigenvalue weighted by Gasteiger charge is 2.63. The van der Waals surface area contributed by atoms with Gasteiger partial charge in [-0.05, 0) is 104 Å². The predicted molar refractivity (Wildman–Crippen MR) is 118 cm³/mol. The molecular weight excluding hydrogens is 356 g/mol. The molecular formula is C27H38O2. The summed E-state index contributed by atoms with van der Waals surface area (Å²) >= 11 is 0. The molecule has 2 nitrogen and oxygen atoms in total. The second-order valence-electron chi connectivity index (χ2n) is 11.5. The van der Waals surface area contributed by atoms with Crippen LogP contribution in [-0.4, -0.2) is 21.9 Å². The summed E-state index contributed by atoms with van der Waals surface area (Å²) in [6, 6.07) is 10.5. The zero-order chi connectivity index (χ0) is 20.4. The Kier molecular flexibility index (Phi) is 4.57. The molecule has 2 heteroatoms. The van der Waals surface area contributed by atoms with Crippen LogP contribution in [0.1, 0.15) is 77.7 Å². The summed E-state index contributed by atoms with van der Waals surface area (Å²) in [5.74, 6) is 2.79. The molecule has 4 fully saturated rings. The number of hydrogen-bond acceptors (Lipinski definition) is 2. The lowest BCUT2D eigenvalue weighted by atomic mass is 9.44. The van der Waals surface area contributed by atoms with Crippen molar-refractivity contribution >= 4 is 6.08 Å². The van der Waals surface area contributed by atoms with Gasteiger partial charge < -0.3 is 10.2 Å². The fraction of sp³-hybridized carbons (Fsp3) is 0.704. The molecule has 4 aliphatic rings. The summed E-state index contributed by atoms with van der Waals surface area (Å²) in [5.41, 5.74) is 2.33. The van der Waals surface area contributed by atoms with Crippen molar-refractivity contribution in [2.24, 2.45) is 34.5 Å². The van der Waals surface area contributed by atoms with Gasteiger partial charge in [-0.2, -0.15) is 0 Å². The molecule has 0 aromatic heterocycles. The maximum absolute atomic E-state index is 11.1. The van der Waals surface area contributed by atoms with Crippen LogP contribution in [0.4, 0.5) is 0 Å². The SMILES string of the molecule is C[C@]12C/C(=C\c3ccccc3)[C@@H](O)C[C@H]1CC[C@@H]1[C@@H]2CC[C@@]2(C)[C@H]1CC[C@]2(C)O. The Hall–Kier alpha value is -1.12. The van der Waals surface area contributed by atoms with Crippen molar-refractivity contribution in [2.45, 2.75) is 83.8 Å². The van der Waals surface area contributed by atoms with E-state index < -0.39 is 5.60 Å². The second kappa shape index (κ2) is 6.69. The van der Waals surface area contributed by atoms with E-state index in [4.69, 9.17) is 0 Å². The zero-order valence-corrected chi connectivity index (χ0v) is 18.4. The van der Waals surface area contributed by atoms with Gasteiger partial charge in [0.1, 0.15) is 0 Å². The molecule has 0 heterocycles. The topological polar surface area (TPSA) is 40.5 Å². The molecule has 1 aromatic rings. The van der Waals surface area contributed by atoms with E-state index in [0.29, 0.717) is 17.3 Å². The first kappa shape index (κ1) is 19.8. The van der Waals surface area contributed by atoms with Gasteiger partial charge in [0.2, 0.25) is 0 Å². The van der Waals surface area contributed by atoms with Gasteiger partial charge >= 0.3 is 0 Å². The van der Waals surface area contributed by atoms with Crippen LogP contribution in [0, 0.1) is 34.5 Å². The van der Waals surface area contributed by atoms with E-state index in [2.05, 4.69) is 57.2 Å². The van der Waals surface area contributed by atoms with Gasteiger partial charge in [0, 0.05) is 0 Å². The molecule has 8 atom stereocenters. The molecule has 0 unspecified atom stereocenters. The minimum absolute atomic E-state index is 0.0915. The van der Waals surface area contributed by atoms with Crippen molar-refractivity contribution in [3.8, 4) is 0 Å². The van der Waals surface area contributed by atoms with E-state index in [9.17, 15) is 10.2 Å². The van der Waals surface area contributed by atoms with E-state index in [-0.39, 0.29) is 11.5 Å². The monoisotopic (exact) mass is 394 g/mol. The molecule has 4 aliphatic carbocycles. The fourth-order valence-corrected chi connectivity index (χ4v) is 8.33. The largest absolute Gasteiger partial charge is 0.390 e. The molecule has 158 valence electrons. The third kappa shape index (κ3) is 2.89. The lowest BCUT2D eigenvalue weighted by Gasteiger charge is -2.61. The maximum atomic E-state index is 11.1. The lowest BCUT2D eigenvalue weighted by Crippen LogP contribution is -2.56. The Morgan fingerprint density at radius 2 is 1.66 bits per heavy atom. The van der Waals surface area contributed by atoms with Gasteiger partial charge in [-0.3, -0.25) is 0 Å². The van der Waals surface area contributed by atoms with Crippen molar-refractivity contribution in [1.82, 2.24) is 0 Å². The molecule has 0 radical (unpaired) electrons. The summed E-state index contributed by atoms with van der Waals surface area (Å²) in [6.45, 7) is 7.01. The first-order chi connectivity index (χ1) is 13.7. The van der Waals surface area contributed by atoms with Crippen molar-refractivity contribution in [3.05, 3.63) is 41.5 Å². The number of hydrogen-bond donors (Lipinski definition) is 2. The molecule has 0 spiro atoms. The van der Waals surface area contributed by atoms with Crippen LogP contribution in [0.2, 0.25) is 0 Å². The van der Waals surface area contributed by atoms with Crippen LogP contribution in [0.25, 0.3) is 6.08 Å². The summed E-state index contributed by atoms with van der Waals surface area (Å²) in [4.78, 5) is 0. The minimum Gasteiger partial charge on any atom is -0.390 e. The van der Waals surface area contributed by atoms with Gasteiger partial charge in [-0.25, -0.2) is 0 Å². The van der Waals surface area contributed by atoms with Crippen LogP contribution >= 0.6 is 0 Å². The smallest absolute Gasteiger partial charge is 0.0756 e. The van der Waals surface area contributed by atoms with Crippen LogP contribution in [0.15, 0.2) is 35.9 Å². The van der Waals surface area contributed by atoms with Gasteiger partial charge in [0.25, 0.3) is 0 Å². The Balaban J connectivity index is 1.46. The average Bonchev–Trinajstić information content (AvgIpc) is 2.93. The average molecular weight is 395 g/mol. The maximum Gasteiger partial charge on any atom is 0.0756 e. The van der Waals surface area contributed by atoms with E-state index in [1.54, 1.807) is 0 Å². The molecule has 0 saturated heterocycles. The third-order valence-electron chi connectivity index (χ3n) is 10.3. The Labute approximate surface area is 176 Å². The second-order valence-corrected chi connectivity index (χ2v) is 11.5. The Morgan fingerprint density at radius 1 is 0.931 bits per heavy atom. The molecule has 0 bridgehead atoms. The molecule has 2 N–H and O–H groups in total. The van der Waals surface area contributed by atoms with Crippen LogP contribution in [0.3, 0.4) is 0 Å². The summed E-state index contributed by atoms with van der Waals surface area (Å²) in [7, 11) is 0. The number of aliphatic hydroxyl groups is 2. The van der Waals surface area contributed by atoms with Gasteiger partial charge in [0.15, 0.2) is 0 Å². The summed E-state index contributed by atoms with van der Waals surface area (Å²) in [5, 5.41) is 22.1. The molecule has 29 heavy (non-hydrogen) atoms. The van der Waals surface area contributed by atoms with Crippen molar-refractivity contribution in [2.75, 3.05) is 0 Å². The molecule has 4 saturated carbocycles. The van der Waals surface area contributed by atoms with Gasteiger partial charge in [0.05, 0.1) is 11.7 Å². The molecule has 0 aliphatic heterocycles. The number of rotatable bonds is 1. The van der Waals surface area contributed by atoms with E-state index in [0.717, 1.165) is 37.5 Å². The van der Waals surface area contributed by atoms with E-state index in [1.807, 2.05) is 0 Å². The van der Waals surface area contributed by atoms with E-state index in [1.165, 1.54) is 36.8 Å². The van der Waals surface area contributed by atoms with Crippen molar-refractivity contribution in [3.63, 3.8) is 0 Å². The highest BCUT2D eigenvalue weighted by molar-refractivity contribution is 5.54. The van der Waals surface area contributed by atoms with E-state index >= 15 is 0 Å². The normalized spacial score (nSPS) is 50.7. The fourth-order valence-electron chi connectivity index (χ4n) is 8.33. The number of benzene rings is 1. The Bertz CT molecular complexity index is 796. The predicted octanol–water partition coefficient (Wildman–Crippen LogP) is 5.83. The zero-order valence-electron chi connectivity index (χ0n) is 18.4. The van der Waals surface area contributed by atoms with Crippen LogP contribution in [-0.2, 0) is 0 Å². The quantitative estimate of drug-likeness (QED) is 0.629. The lowest BCUT2D eigenvalue weighted by molar-refractivity contribution is -0.146. The standard InChI is InChI=1S/C27H38O2/c1-25-17-19(15-18-7-5-4-6-8-18)24(28)16-20(25)9-10-21-22(25)11-13-26(2)23(21)12-14-27(26,3)29/h4-8,15,20-24,28-29H,9-14,16-17H2,1-3H3/b19-15+/t20-,21-,22+,23+,24+,25+,26+,27+/m1/s1. The first-order valence-electron chi connectivity index (χ1n) is 11.9. The molecule has 0 amide bonds. The third-order valence-corrected chi connectivity index (χ3v) is 10.3. The Morgan fingerprint density at radius 3 is 2.41 bits per heavy atom.